The van der Waals surface area contributed by atoms with Crippen molar-refractivity contribution >= 4 is 51.6 Å². The summed E-state index contributed by atoms with van der Waals surface area (Å²) in [5, 5.41) is 5.28. The minimum absolute atomic E-state index is 0.0540. The molecule has 0 spiro atoms. The third-order valence-electron chi connectivity index (χ3n) is 4.82. The van der Waals surface area contributed by atoms with E-state index in [0.717, 1.165) is 15.7 Å². The SMILES string of the molecule is CCN1C(=O)CC(n2nc(-c3ccc(Br)cc3)n(-c3ccc(Cl)cc3)c2=S)C1=O. The second-order valence-corrected chi connectivity index (χ2v) is 8.28. The van der Waals surface area contributed by atoms with Crippen LogP contribution in [0.5, 0.6) is 0 Å². The van der Waals surface area contributed by atoms with Gasteiger partial charge < -0.3 is 0 Å². The van der Waals surface area contributed by atoms with Crippen LogP contribution in [0.15, 0.2) is 53.0 Å². The van der Waals surface area contributed by atoms with Gasteiger partial charge in [0.15, 0.2) is 5.82 Å². The fourth-order valence-corrected chi connectivity index (χ4v) is 4.13. The molecule has 0 saturated carbocycles. The summed E-state index contributed by atoms with van der Waals surface area (Å²) in [6, 6.07) is 14.1. The molecule has 29 heavy (non-hydrogen) atoms. The average Bonchev–Trinajstić information content (AvgIpc) is 3.19. The van der Waals surface area contributed by atoms with Crippen LogP contribution in [0.4, 0.5) is 0 Å². The second kappa shape index (κ2) is 7.85. The summed E-state index contributed by atoms with van der Waals surface area (Å²) in [7, 11) is 0. The number of imide groups is 1. The number of hydrogen-bond donors (Lipinski definition) is 0. The van der Waals surface area contributed by atoms with Gasteiger partial charge in [-0.2, -0.15) is 5.10 Å². The van der Waals surface area contributed by atoms with Crippen LogP contribution in [-0.4, -0.2) is 37.6 Å². The van der Waals surface area contributed by atoms with Gasteiger partial charge in [0.2, 0.25) is 10.7 Å². The van der Waals surface area contributed by atoms with Crippen LogP contribution in [0.1, 0.15) is 19.4 Å². The molecule has 9 heteroatoms. The molecule has 2 heterocycles. The highest BCUT2D eigenvalue weighted by atomic mass is 79.9. The molecule has 4 rings (SSSR count). The highest BCUT2D eigenvalue weighted by Gasteiger charge is 2.40. The predicted octanol–water partition coefficient (Wildman–Crippen LogP) is 4.81. The number of aromatic nitrogens is 3. The van der Waals surface area contributed by atoms with Crippen molar-refractivity contribution in [2.75, 3.05) is 6.54 Å². The maximum Gasteiger partial charge on any atom is 0.254 e. The van der Waals surface area contributed by atoms with Gasteiger partial charge in [-0.25, -0.2) is 4.68 Å². The number of likely N-dealkylation sites (tertiary alicyclic amines) is 1. The third-order valence-corrected chi connectivity index (χ3v) is 5.97. The van der Waals surface area contributed by atoms with Gasteiger partial charge >= 0.3 is 0 Å². The van der Waals surface area contributed by atoms with Gasteiger partial charge in [0, 0.05) is 21.6 Å². The molecule has 1 fully saturated rings. The van der Waals surface area contributed by atoms with E-state index in [1.807, 2.05) is 36.4 Å². The molecule has 1 aliphatic rings. The molecule has 6 nitrogen and oxygen atoms in total. The Kier molecular flexibility index (Phi) is 5.42. The van der Waals surface area contributed by atoms with Crippen molar-refractivity contribution in [2.45, 2.75) is 19.4 Å². The smallest absolute Gasteiger partial charge is 0.254 e. The molecular formula is C20H16BrClN4O2S. The molecule has 1 atom stereocenters. The van der Waals surface area contributed by atoms with Crippen molar-refractivity contribution in [3.63, 3.8) is 0 Å². The van der Waals surface area contributed by atoms with Crippen LogP contribution in [0.3, 0.4) is 0 Å². The van der Waals surface area contributed by atoms with Crippen LogP contribution >= 0.6 is 39.7 Å². The highest BCUT2D eigenvalue weighted by Crippen LogP contribution is 2.30. The van der Waals surface area contributed by atoms with Gasteiger partial charge in [-0.3, -0.25) is 19.1 Å². The van der Waals surface area contributed by atoms with E-state index < -0.39 is 6.04 Å². The number of hydrogen-bond acceptors (Lipinski definition) is 4. The van der Waals surface area contributed by atoms with E-state index >= 15 is 0 Å². The molecule has 1 aromatic heterocycles. The van der Waals surface area contributed by atoms with Crippen molar-refractivity contribution in [1.29, 1.82) is 0 Å². The zero-order valence-corrected chi connectivity index (χ0v) is 18.5. The first-order valence-electron chi connectivity index (χ1n) is 8.98. The van der Waals surface area contributed by atoms with Crippen LogP contribution in [0.25, 0.3) is 17.1 Å². The van der Waals surface area contributed by atoms with E-state index in [-0.39, 0.29) is 18.2 Å². The first kappa shape index (κ1) is 20.0. The van der Waals surface area contributed by atoms with Gasteiger partial charge in [0.05, 0.1) is 12.1 Å². The molecule has 1 unspecified atom stereocenters. The van der Waals surface area contributed by atoms with Gasteiger partial charge in [-0.1, -0.05) is 39.7 Å². The summed E-state index contributed by atoms with van der Waals surface area (Å²) in [6.45, 7) is 2.11. The Hall–Kier alpha value is -2.29. The minimum atomic E-state index is -0.738. The van der Waals surface area contributed by atoms with E-state index in [1.165, 1.54) is 9.58 Å². The molecule has 3 aromatic rings. The maximum absolute atomic E-state index is 12.7. The summed E-state index contributed by atoms with van der Waals surface area (Å²) >= 11 is 15.2. The molecule has 148 valence electrons. The zero-order chi connectivity index (χ0) is 20.7. The summed E-state index contributed by atoms with van der Waals surface area (Å²) in [5.41, 5.74) is 1.60. The maximum atomic E-state index is 12.7. The van der Waals surface area contributed by atoms with Crippen molar-refractivity contribution in [1.82, 2.24) is 19.2 Å². The monoisotopic (exact) mass is 490 g/mol. The molecule has 1 aliphatic heterocycles. The predicted molar refractivity (Wildman–Crippen MR) is 117 cm³/mol. The van der Waals surface area contributed by atoms with Crippen LogP contribution in [0, 0.1) is 4.77 Å². The highest BCUT2D eigenvalue weighted by molar-refractivity contribution is 9.10. The lowest BCUT2D eigenvalue weighted by molar-refractivity contribution is -0.138. The summed E-state index contributed by atoms with van der Waals surface area (Å²) in [6.07, 6.45) is 0.0540. The third kappa shape index (κ3) is 3.56. The average molecular weight is 492 g/mol. The minimum Gasteiger partial charge on any atom is -0.281 e. The van der Waals surface area contributed by atoms with Crippen LogP contribution < -0.4 is 0 Å². The lowest BCUT2D eigenvalue weighted by Gasteiger charge is -2.11. The Balaban J connectivity index is 1.91. The van der Waals surface area contributed by atoms with Gasteiger partial charge in [0.1, 0.15) is 6.04 Å². The zero-order valence-electron chi connectivity index (χ0n) is 15.4. The summed E-state index contributed by atoms with van der Waals surface area (Å²) in [5.74, 6) is 0.0902. The van der Waals surface area contributed by atoms with Crippen molar-refractivity contribution < 1.29 is 9.59 Å². The van der Waals surface area contributed by atoms with Gasteiger partial charge in [-0.15, -0.1) is 0 Å². The lowest BCUT2D eigenvalue weighted by Crippen LogP contribution is -2.31. The molecule has 1 saturated heterocycles. The fraction of sp³-hybridized carbons (Fsp3) is 0.200. The number of benzene rings is 2. The molecule has 2 amide bonds. The Morgan fingerprint density at radius 2 is 1.79 bits per heavy atom. The Bertz CT molecular complexity index is 1150. The van der Waals surface area contributed by atoms with Crippen LogP contribution in [0.2, 0.25) is 5.02 Å². The number of amides is 2. The lowest BCUT2D eigenvalue weighted by atomic mass is 10.2. The number of carbonyl (C=O) groups is 2. The molecule has 0 N–H and O–H groups in total. The second-order valence-electron chi connectivity index (χ2n) is 6.57. The first-order valence-corrected chi connectivity index (χ1v) is 10.6. The molecule has 0 radical (unpaired) electrons. The van der Waals surface area contributed by atoms with Crippen LogP contribution in [-0.2, 0) is 9.59 Å². The van der Waals surface area contributed by atoms with Crippen molar-refractivity contribution in [3.05, 3.63) is 62.8 Å². The number of nitrogens with zero attached hydrogens (tertiary/aromatic N) is 4. The first-order chi connectivity index (χ1) is 13.9. The Morgan fingerprint density at radius 3 is 2.38 bits per heavy atom. The normalized spacial score (nSPS) is 16.7. The molecule has 0 aliphatic carbocycles. The number of likely N-dealkylation sites (N-methyl/N-ethyl adjacent to an activating group) is 1. The number of halogens is 2. The largest absolute Gasteiger partial charge is 0.281 e. The molecule has 2 aromatic carbocycles. The number of carbonyl (C=O) groups excluding carboxylic acids is 2. The van der Waals surface area contributed by atoms with E-state index in [1.54, 1.807) is 23.6 Å². The molecule has 0 bridgehead atoms. The van der Waals surface area contributed by atoms with E-state index in [9.17, 15) is 9.59 Å². The van der Waals surface area contributed by atoms with E-state index in [2.05, 4.69) is 21.0 Å². The van der Waals surface area contributed by atoms with E-state index in [0.29, 0.717) is 22.2 Å². The standard InChI is InChI=1S/C20H16BrClN4O2S/c1-2-24-17(27)11-16(19(24)28)26-20(29)25(15-9-7-14(22)8-10-15)18(23-26)12-3-5-13(21)6-4-12/h3-10,16H,2,11H2,1H3. The quantitative estimate of drug-likeness (QED) is 0.388. The van der Waals surface area contributed by atoms with Gasteiger partial charge in [0.25, 0.3) is 5.91 Å². The topological polar surface area (TPSA) is 60.1 Å². The Labute approximate surface area is 185 Å². The fourth-order valence-electron chi connectivity index (χ4n) is 3.38. The van der Waals surface area contributed by atoms with Crippen molar-refractivity contribution in [3.8, 4) is 17.1 Å². The van der Waals surface area contributed by atoms with Gasteiger partial charge in [-0.05, 0) is 55.5 Å². The Morgan fingerprint density at radius 1 is 1.14 bits per heavy atom. The molecular weight excluding hydrogens is 476 g/mol. The number of rotatable bonds is 4. The van der Waals surface area contributed by atoms with Crippen molar-refractivity contribution in [2.24, 2.45) is 0 Å². The summed E-state index contributed by atoms with van der Waals surface area (Å²) < 4.78 is 4.56. The van der Waals surface area contributed by atoms with E-state index in [4.69, 9.17) is 23.8 Å². The summed E-state index contributed by atoms with van der Waals surface area (Å²) in [4.78, 5) is 26.2.